The van der Waals surface area contributed by atoms with Crippen LogP contribution in [-0.2, 0) is 0 Å². The summed E-state index contributed by atoms with van der Waals surface area (Å²) >= 11 is 0. The number of nitriles is 1. The molecule has 0 bridgehead atoms. The standard InChI is InChI=1S/C14H18N4O2/c1-2-11(10-15)17-6-8-18(9-7-17)14(20)12-4-3-5-13(19)16-12/h3-5,11H,2,6-9H2,1H3,(H,16,19). The van der Waals surface area contributed by atoms with Gasteiger partial charge in [0.05, 0.1) is 12.1 Å². The number of nitrogens with one attached hydrogen (secondary N) is 1. The number of piperazine rings is 1. The van der Waals surface area contributed by atoms with Crippen LogP contribution < -0.4 is 5.56 Å². The lowest BCUT2D eigenvalue weighted by Crippen LogP contribution is -2.51. The van der Waals surface area contributed by atoms with Crippen LogP contribution in [0.5, 0.6) is 0 Å². The third kappa shape index (κ3) is 3.06. The van der Waals surface area contributed by atoms with Crippen molar-refractivity contribution in [1.29, 1.82) is 5.26 Å². The summed E-state index contributed by atoms with van der Waals surface area (Å²) in [6.07, 6.45) is 0.788. The van der Waals surface area contributed by atoms with Gasteiger partial charge in [-0.2, -0.15) is 5.26 Å². The van der Waals surface area contributed by atoms with E-state index in [1.807, 2.05) is 6.92 Å². The molecule has 0 aliphatic carbocycles. The van der Waals surface area contributed by atoms with Gasteiger partial charge in [-0.25, -0.2) is 0 Å². The van der Waals surface area contributed by atoms with Crippen molar-refractivity contribution in [3.05, 3.63) is 34.2 Å². The van der Waals surface area contributed by atoms with Gasteiger partial charge in [0.25, 0.3) is 5.91 Å². The third-order valence-electron chi connectivity index (χ3n) is 3.58. The number of amides is 1. The van der Waals surface area contributed by atoms with Gasteiger partial charge in [-0.1, -0.05) is 13.0 Å². The predicted octanol–water partition coefficient (Wildman–Crippen LogP) is 0.435. The number of hydrogen-bond acceptors (Lipinski definition) is 4. The van der Waals surface area contributed by atoms with Gasteiger partial charge in [0, 0.05) is 32.2 Å². The van der Waals surface area contributed by atoms with Crippen molar-refractivity contribution in [2.45, 2.75) is 19.4 Å². The first-order chi connectivity index (χ1) is 9.65. The number of nitrogens with zero attached hydrogens (tertiary/aromatic N) is 3. The van der Waals surface area contributed by atoms with Gasteiger partial charge < -0.3 is 9.88 Å². The predicted molar refractivity (Wildman–Crippen MR) is 74.2 cm³/mol. The summed E-state index contributed by atoms with van der Waals surface area (Å²) in [5.41, 5.74) is 0.0447. The van der Waals surface area contributed by atoms with E-state index in [2.05, 4.69) is 16.0 Å². The average Bonchev–Trinajstić information content (AvgIpc) is 2.48. The van der Waals surface area contributed by atoms with E-state index >= 15 is 0 Å². The van der Waals surface area contributed by atoms with E-state index in [9.17, 15) is 9.59 Å². The van der Waals surface area contributed by atoms with Gasteiger partial charge in [0.15, 0.2) is 0 Å². The second-order valence-corrected chi connectivity index (χ2v) is 4.81. The van der Waals surface area contributed by atoms with Crippen LogP contribution >= 0.6 is 0 Å². The van der Waals surface area contributed by atoms with E-state index in [1.54, 1.807) is 17.0 Å². The van der Waals surface area contributed by atoms with Crippen LogP contribution in [0.1, 0.15) is 23.8 Å². The summed E-state index contributed by atoms with van der Waals surface area (Å²) < 4.78 is 0. The summed E-state index contributed by atoms with van der Waals surface area (Å²) in [4.78, 5) is 29.8. The lowest BCUT2D eigenvalue weighted by atomic mass is 10.1. The molecule has 20 heavy (non-hydrogen) atoms. The van der Waals surface area contributed by atoms with Gasteiger partial charge in [0.1, 0.15) is 5.69 Å². The zero-order chi connectivity index (χ0) is 14.5. The van der Waals surface area contributed by atoms with Gasteiger partial charge in [-0.05, 0) is 12.5 Å². The molecule has 2 rings (SSSR count). The van der Waals surface area contributed by atoms with Gasteiger partial charge in [-0.15, -0.1) is 0 Å². The first-order valence-corrected chi connectivity index (χ1v) is 6.78. The molecule has 1 N–H and O–H groups in total. The molecule has 1 fully saturated rings. The number of aromatic amines is 1. The van der Waals surface area contributed by atoms with Crippen molar-refractivity contribution in [1.82, 2.24) is 14.8 Å². The van der Waals surface area contributed by atoms with Crippen LogP contribution in [0, 0.1) is 11.3 Å². The summed E-state index contributed by atoms with van der Waals surface area (Å²) in [5.74, 6) is -0.160. The molecule has 0 saturated carbocycles. The molecule has 1 aliphatic rings. The molecule has 1 unspecified atom stereocenters. The normalized spacial score (nSPS) is 17.5. The number of hydrogen-bond donors (Lipinski definition) is 1. The SMILES string of the molecule is CCC(C#N)N1CCN(C(=O)c2cccc(=O)[nH]2)CC1. The lowest BCUT2D eigenvalue weighted by Gasteiger charge is -2.36. The zero-order valence-electron chi connectivity index (χ0n) is 11.5. The molecule has 0 radical (unpaired) electrons. The Bertz CT molecular complexity index is 567. The highest BCUT2D eigenvalue weighted by Gasteiger charge is 2.25. The van der Waals surface area contributed by atoms with E-state index in [1.165, 1.54) is 6.07 Å². The van der Waals surface area contributed by atoms with Crippen molar-refractivity contribution < 1.29 is 4.79 Å². The molecule has 1 aromatic heterocycles. The summed E-state index contributed by atoms with van der Waals surface area (Å²) in [5, 5.41) is 9.05. The van der Waals surface area contributed by atoms with Crippen LogP contribution in [0.15, 0.2) is 23.0 Å². The number of carbonyl (C=O) groups excluding carboxylic acids is 1. The Balaban J connectivity index is 1.99. The smallest absolute Gasteiger partial charge is 0.270 e. The Morgan fingerprint density at radius 3 is 2.65 bits per heavy atom. The highest BCUT2D eigenvalue weighted by atomic mass is 16.2. The molecule has 0 spiro atoms. The number of rotatable bonds is 3. The van der Waals surface area contributed by atoms with Crippen LogP contribution in [0.4, 0.5) is 0 Å². The molecule has 1 atom stereocenters. The molecule has 2 heterocycles. The Morgan fingerprint density at radius 2 is 2.10 bits per heavy atom. The maximum atomic E-state index is 12.2. The Labute approximate surface area is 117 Å². The van der Waals surface area contributed by atoms with E-state index < -0.39 is 0 Å². The topological polar surface area (TPSA) is 80.2 Å². The fourth-order valence-corrected chi connectivity index (χ4v) is 2.41. The Hall–Kier alpha value is -2.13. The second-order valence-electron chi connectivity index (χ2n) is 4.81. The molecule has 1 saturated heterocycles. The first-order valence-electron chi connectivity index (χ1n) is 6.78. The number of pyridine rings is 1. The molecule has 1 aliphatic heterocycles. The van der Waals surface area contributed by atoms with Gasteiger partial charge >= 0.3 is 0 Å². The second kappa shape index (κ2) is 6.35. The van der Waals surface area contributed by atoms with Crippen LogP contribution in [-0.4, -0.2) is 52.9 Å². The van der Waals surface area contributed by atoms with Crippen LogP contribution in [0.3, 0.4) is 0 Å². The third-order valence-corrected chi connectivity index (χ3v) is 3.58. The fourth-order valence-electron chi connectivity index (χ4n) is 2.41. The van der Waals surface area contributed by atoms with Crippen molar-refractivity contribution in [3.63, 3.8) is 0 Å². The van der Waals surface area contributed by atoms with Crippen molar-refractivity contribution >= 4 is 5.91 Å². The quantitative estimate of drug-likeness (QED) is 0.867. The molecule has 0 aromatic carbocycles. The maximum absolute atomic E-state index is 12.2. The minimum atomic E-state index is -0.273. The van der Waals surface area contributed by atoms with E-state index in [0.717, 1.165) is 6.42 Å². The largest absolute Gasteiger partial charge is 0.335 e. The monoisotopic (exact) mass is 274 g/mol. The number of H-pyrrole nitrogens is 1. The summed E-state index contributed by atoms with van der Waals surface area (Å²) in [6, 6.07) is 6.77. The Morgan fingerprint density at radius 1 is 1.40 bits per heavy atom. The van der Waals surface area contributed by atoms with Gasteiger partial charge in [-0.3, -0.25) is 14.5 Å². The van der Waals surface area contributed by atoms with Crippen molar-refractivity contribution in [2.24, 2.45) is 0 Å². The fraction of sp³-hybridized carbons (Fsp3) is 0.500. The minimum absolute atomic E-state index is 0.0798. The van der Waals surface area contributed by atoms with E-state index in [0.29, 0.717) is 31.9 Å². The first kappa shape index (κ1) is 14.3. The molecular weight excluding hydrogens is 256 g/mol. The van der Waals surface area contributed by atoms with Crippen molar-refractivity contribution in [2.75, 3.05) is 26.2 Å². The van der Waals surface area contributed by atoms with Crippen LogP contribution in [0.2, 0.25) is 0 Å². The van der Waals surface area contributed by atoms with Gasteiger partial charge in [0.2, 0.25) is 5.56 Å². The Kier molecular flexibility index (Phi) is 4.53. The zero-order valence-corrected chi connectivity index (χ0v) is 11.5. The number of aromatic nitrogens is 1. The highest BCUT2D eigenvalue weighted by Crippen LogP contribution is 2.10. The maximum Gasteiger partial charge on any atom is 0.270 e. The van der Waals surface area contributed by atoms with Crippen molar-refractivity contribution in [3.8, 4) is 6.07 Å². The lowest BCUT2D eigenvalue weighted by molar-refractivity contribution is 0.0598. The molecule has 6 heteroatoms. The highest BCUT2D eigenvalue weighted by molar-refractivity contribution is 5.92. The van der Waals surface area contributed by atoms with E-state index in [-0.39, 0.29) is 17.5 Å². The molecular formula is C14H18N4O2. The summed E-state index contributed by atoms with van der Waals surface area (Å²) in [6.45, 7) is 4.52. The van der Waals surface area contributed by atoms with Crippen LogP contribution in [0.25, 0.3) is 0 Å². The molecule has 6 nitrogen and oxygen atoms in total. The number of carbonyl (C=O) groups is 1. The van der Waals surface area contributed by atoms with E-state index in [4.69, 9.17) is 5.26 Å². The molecule has 106 valence electrons. The minimum Gasteiger partial charge on any atom is -0.335 e. The average molecular weight is 274 g/mol. The molecule has 1 aromatic rings. The summed E-state index contributed by atoms with van der Waals surface area (Å²) in [7, 11) is 0. The molecule has 1 amide bonds.